The van der Waals surface area contributed by atoms with E-state index in [4.69, 9.17) is 28.2 Å². The minimum absolute atomic E-state index is 0.00573. The van der Waals surface area contributed by atoms with Gasteiger partial charge in [-0.15, -0.1) is 0 Å². The highest BCUT2D eigenvalue weighted by molar-refractivity contribution is 7.80. The predicted octanol–water partition coefficient (Wildman–Crippen LogP) is 4.27. The Bertz CT molecular complexity index is 992. The van der Waals surface area contributed by atoms with Crippen LogP contribution in [0.5, 0.6) is 0 Å². The van der Waals surface area contributed by atoms with Crippen LogP contribution < -0.4 is 5.32 Å². The summed E-state index contributed by atoms with van der Waals surface area (Å²) in [4.78, 5) is 6.43. The van der Waals surface area contributed by atoms with Gasteiger partial charge in [-0.25, -0.2) is 0 Å². The van der Waals surface area contributed by atoms with E-state index < -0.39 is 0 Å². The molecular weight excluding hydrogens is 394 g/mol. The Labute approximate surface area is 174 Å². The molecule has 0 unspecified atom stereocenters. The van der Waals surface area contributed by atoms with E-state index in [2.05, 4.69) is 10.3 Å². The molecule has 4 rings (SSSR count). The summed E-state index contributed by atoms with van der Waals surface area (Å²) in [5, 5.41) is 14.1. The normalized spacial score (nSPS) is 19.1. The lowest BCUT2D eigenvalue weighted by Crippen LogP contribution is -2.32. The van der Waals surface area contributed by atoms with Crippen LogP contribution in [0.4, 0.5) is 0 Å². The van der Waals surface area contributed by atoms with E-state index in [-0.39, 0.29) is 18.7 Å². The van der Waals surface area contributed by atoms with E-state index in [0.29, 0.717) is 16.7 Å². The topological polar surface area (TPSA) is 61.5 Å². The number of thiocarbonyl (C=S) groups is 1. The number of aromatic nitrogens is 1. The van der Waals surface area contributed by atoms with E-state index >= 15 is 0 Å². The zero-order valence-electron chi connectivity index (χ0n) is 15.3. The van der Waals surface area contributed by atoms with E-state index in [1.807, 2.05) is 60.4 Å². The summed E-state index contributed by atoms with van der Waals surface area (Å²) in [7, 11) is 0. The van der Waals surface area contributed by atoms with Gasteiger partial charge in [-0.1, -0.05) is 29.8 Å². The molecular formula is C21H20ClN3O2S. The van der Waals surface area contributed by atoms with E-state index in [0.717, 1.165) is 28.3 Å². The predicted molar refractivity (Wildman–Crippen MR) is 113 cm³/mol. The Kier molecular flexibility index (Phi) is 5.35. The first-order valence-electron chi connectivity index (χ1n) is 9.04. The summed E-state index contributed by atoms with van der Waals surface area (Å²) < 4.78 is 6.26. The Balaban J connectivity index is 1.75. The van der Waals surface area contributed by atoms with Crippen molar-refractivity contribution in [2.75, 3.05) is 13.2 Å². The molecule has 1 aliphatic rings. The van der Waals surface area contributed by atoms with Crippen LogP contribution in [-0.4, -0.2) is 33.3 Å². The summed E-state index contributed by atoms with van der Waals surface area (Å²) in [6.45, 7) is 2.38. The first-order chi connectivity index (χ1) is 13.6. The third kappa shape index (κ3) is 3.39. The molecule has 2 atom stereocenters. The Morgan fingerprint density at radius 1 is 1.21 bits per heavy atom. The van der Waals surface area contributed by atoms with Gasteiger partial charge in [0.25, 0.3) is 0 Å². The molecule has 0 aliphatic carbocycles. The molecule has 0 bridgehead atoms. The van der Waals surface area contributed by atoms with Crippen molar-refractivity contribution < 1.29 is 9.52 Å². The van der Waals surface area contributed by atoms with Crippen LogP contribution >= 0.6 is 23.8 Å². The molecule has 5 nitrogen and oxygen atoms in total. The van der Waals surface area contributed by atoms with Crippen LogP contribution in [0.15, 0.2) is 59.1 Å². The highest BCUT2D eigenvalue weighted by Gasteiger charge is 2.41. The van der Waals surface area contributed by atoms with Crippen LogP contribution in [0.1, 0.15) is 29.1 Å². The lowest BCUT2D eigenvalue weighted by molar-refractivity contribution is 0.209. The number of benzene rings is 1. The average molecular weight is 414 g/mol. The Hall–Kier alpha value is -2.41. The van der Waals surface area contributed by atoms with Crippen molar-refractivity contribution in [3.8, 4) is 11.3 Å². The third-order valence-corrected chi connectivity index (χ3v) is 5.75. The minimum atomic E-state index is -0.206. The van der Waals surface area contributed by atoms with Crippen LogP contribution in [0.2, 0.25) is 5.02 Å². The first-order valence-corrected chi connectivity index (χ1v) is 9.83. The first kappa shape index (κ1) is 18.9. The van der Waals surface area contributed by atoms with E-state index in [1.165, 1.54) is 0 Å². The monoisotopic (exact) mass is 413 g/mol. The molecule has 0 saturated carbocycles. The van der Waals surface area contributed by atoms with Gasteiger partial charge in [0.2, 0.25) is 0 Å². The Morgan fingerprint density at radius 2 is 2.07 bits per heavy atom. The zero-order chi connectivity index (χ0) is 19.7. The number of aliphatic hydroxyl groups is 1. The van der Waals surface area contributed by atoms with Gasteiger partial charge in [-0.05, 0) is 55.0 Å². The molecule has 0 radical (unpaired) electrons. The maximum atomic E-state index is 9.53. The lowest BCUT2D eigenvalue weighted by Gasteiger charge is -2.25. The second kappa shape index (κ2) is 7.91. The number of nitrogens with one attached hydrogen (secondary N) is 1. The molecule has 1 aliphatic heterocycles. The number of rotatable bonds is 5. The minimum Gasteiger partial charge on any atom is -0.459 e. The van der Waals surface area contributed by atoms with Gasteiger partial charge in [0.15, 0.2) is 5.11 Å². The van der Waals surface area contributed by atoms with Gasteiger partial charge in [-0.3, -0.25) is 4.98 Å². The van der Waals surface area contributed by atoms with E-state index in [9.17, 15) is 5.11 Å². The van der Waals surface area contributed by atoms with Crippen LogP contribution in [0.3, 0.4) is 0 Å². The lowest BCUT2D eigenvalue weighted by atomic mass is 10.0. The second-order valence-corrected chi connectivity index (χ2v) is 7.45. The number of hydrogen-bond donors (Lipinski definition) is 2. The second-order valence-electron chi connectivity index (χ2n) is 6.66. The maximum Gasteiger partial charge on any atom is 0.170 e. The van der Waals surface area contributed by atoms with Crippen molar-refractivity contribution in [2.24, 2.45) is 0 Å². The summed E-state index contributed by atoms with van der Waals surface area (Å²) >= 11 is 11.8. The standard InChI is InChI=1S/C21H20ClN3O2S/c1-13-14(5-4-6-15(13)22)17-8-9-18(27-17)20-19(16-7-2-3-10-23-16)24-21(28)25(20)11-12-26/h2-10,19-20,26H,11-12H2,1H3,(H,24,28)/t19-,20+/m0/s1. The quantitative estimate of drug-likeness (QED) is 0.609. The molecule has 0 spiro atoms. The molecule has 28 heavy (non-hydrogen) atoms. The number of halogens is 1. The summed E-state index contributed by atoms with van der Waals surface area (Å²) in [5.74, 6) is 1.50. The molecule has 3 aromatic rings. The summed E-state index contributed by atoms with van der Waals surface area (Å²) in [5.41, 5.74) is 2.79. The fraction of sp³-hybridized carbons (Fsp3) is 0.238. The van der Waals surface area contributed by atoms with Crippen LogP contribution in [0.25, 0.3) is 11.3 Å². The molecule has 144 valence electrons. The molecule has 3 heterocycles. The highest BCUT2D eigenvalue weighted by Crippen LogP contribution is 2.40. The van der Waals surface area contributed by atoms with Gasteiger partial charge < -0.3 is 19.7 Å². The number of hydrogen-bond acceptors (Lipinski definition) is 4. The third-order valence-electron chi connectivity index (χ3n) is 4.99. The maximum absolute atomic E-state index is 9.53. The molecule has 2 N–H and O–H groups in total. The van der Waals surface area contributed by atoms with Gasteiger partial charge in [0, 0.05) is 23.3 Å². The molecule has 7 heteroatoms. The van der Waals surface area contributed by atoms with Crippen molar-refractivity contribution in [3.63, 3.8) is 0 Å². The van der Waals surface area contributed by atoms with Gasteiger partial charge in [-0.2, -0.15) is 0 Å². The largest absolute Gasteiger partial charge is 0.459 e. The van der Waals surface area contributed by atoms with Crippen molar-refractivity contribution in [1.29, 1.82) is 0 Å². The summed E-state index contributed by atoms with van der Waals surface area (Å²) in [6.07, 6.45) is 1.76. The van der Waals surface area contributed by atoms with E-state index in [1.54, 1.807) is 6.20 Å². The SMILES string of the molecule is Cc1c(Cl)cccc1-c1ccc([C@@H]2[C@H](c3ccccn3)NC(=S)N2CCO)o1. The average Bonchev–Trinajstić information content (AvgIpc) is 3.30. The fourth-order valence-corrected chi connectivity index (χ4v) is 4.10. The fourth-order valence-electron chi connectivity index (χ4n) is 3.59. The Morgan fingerprint density at radius 3 is 2.82 bits per heavy atom. The molecule has 1 aromatic carbocycles. The van der Waals surface area contributed by atoms with Crippen molar-refractivity contribution in [2.45, 2.75) is 19.0 Å². The summed E-state index contributed by atoms with van der Waals surface area (Å²) in [6, 6.07) is 15.1. The highest BCUT2D eigenvalue weighted by atomic mass is 35.5. The van der Waals surface area contributed by atoms with Crippen LogP contribution in [0, 0.1) is 6.92 Å². The molecule has 1 fully saturated rings. The van der Waals surface area contributed by atoms with Gasteiger partial charge in [0.1, 0.15) is 17.6 Å². The van der Waals surface area contributed by atoms with Crippen molar-refractivity contribution in [3.05, 3.63) is 76.8 Å². The molecule has 1 saturated heterocycles. The number of aliphatic hydroxyl groups excluding tert-OH is 1. The van der Waals surface area contributed by atoms with Gasteiger partial charge >= 0.3 is 0 Å². The smallest absolute Gasteiger partial charge is 0.170 e. The van der Waals surface area contributed by atoms with Crippen LogP contribution in [-0.2, 0) is 0 Å². The van der Waals surface area contributed by atoms with Crippen molar-refractivity contribution in [1.82, 2.24) is 15.2 Å². The number of β-amino-alcohol motifs (C(OH)–C–C–N with tert-alkyl or cyclic N) is 1. The molecule has 2 aromatic heterocycles. The van der Waals surface area contributed by atoms with Gasteiger partial charge in [0.05, 0.1) is 18.3 Å². The zero-order valence-corrected chi connectivity index (χ0v) is 16.9. The molecule has 0 amide bonds. The number of nitrogens with zero attached hydrogens (tertiary/aromatic N) is 2. The number of furan rings is 1. The van der Waals surface area contributed by atoms with Crippen molar-refractivity contribution >= 4 is 28.9 Å². The number of pyridine rings is 1.